The highest BCUT2D eigenvalue weighted by atomic mass is 32.1. The largest absolute Gasteiger partial charge is 0.311 e. The van der Waals surface area contributed by atoms with Crippen LogP contribution in [0, 0.1) is 19.8 Å². The van der Waals surface area contributed by atoms with E-state index in [1.165, 1.54) is 11.3 Å². The number of nitrogens with one attached hydrogen (secondary N) is 1. The number of amides is 2. The molecular formula is C20H26N4O2S. The van der Waals surface area contributed by atoms with E-state index in [2.05, 4.69) is 29.4 Å². The second kappa shape index (κ2) is 8.17. The molecule has 144 valence electrons. The predicted octanol–water partition coefficient (Wildman–Crippen LogP) is 4.05. The Kier molecular flexibility index (Phi) is 5.89. The highest BCUT2D eigenvalue weighted by Gasteiger charge is 2.36. The molecule has 7 heteroatoms. The maximum Gasteiger partial charge on any atom is 0.231 e. The molecule has 2 aromatic rings. The lowest BCUT2D eigenvalue weighted by atomic mass is 10.1. The monoisotopic (exact) mass is 386 g/mol. The van der Waals surface area contributed by atoms with Crippen molar-refractivity contribution in [2.45, 2.75) is 52.9 Å². The van der Waals surface area contributed by atoms with E-state index in [0.717, 1.165) is 34.7 Å². The maximum atomic E-state index is 12.6. The number of aryl methyl sites for hydroxylation is 1. The fraction of sp³-hybridized carbons (Fsp3) is 0.500. The molecule has 2 atom stereocenters. The van der Waals surface area contributed by atoms with Gasteiger partial charge in [-0.15, -0.1) is 10.2 Å². The van der Waals surface area contributed by atoms with E-state index >= 15 is 0 Å². The molecule has 0 saturated carbocycles. The first kappa shape index (κ1) is 19.5. The molecule has 3 rings (SSSR count). The number of hydrogen-bond donors (Lipinski definition) is 1. The third kappa shape index (κ3) is 4.18. The van der Waals surface area contributed by atoms with Crippen molar-refractivity contribution in [1.82, 2.24) is 10.2 Å². The van der Waals surface area contributed by atoms with Crippen LogP contribution in [0.3, 0.4) is 0 Å². The lowest BCUT2D eigenvalue weighted by molar-refractivity contribution is -0.122. The van der Waals surface area contributed by atoms with Crippen molar-refractivity contribution in [1.29, 1.82) is 0 Å². The van der Waals surface area contributed by atoms with E-state index in [1.54, 1.807) is 4.90 Å². The van der Waals surface area contributed by atoms with Gasteiger partial charge in [-0.05, 0) is 37.5 Å². The normalized spacial score (nSPS) is 18.0. The zero-order chi connectivity index (χ0) is 19.6. The molecule has 1 aliphatic rings. The zero-order valence-corrected chi connectivity index (χ0v) is 17.1. The first-order chi connectivity index (χ1) is 12.9. The molecule has 1 fully saturated rings. The highest BCUT2D eigenvalue weighted by molar-refractivity contribution is 7.15. The Bertz CT molecular complexity index is 848. The minimum absolute atomic E-state index is 0.0154. The Balaban J connectivity index is 1.67. The highest BCUT2D eigenvalue weighted by Crippen LogP contribution is 2.31. The number of anilines is 2. The van der Waals surface area contributed by atoms with Crippen molar-refractivity contribution in [3.8, 4) is 0 Å². The van der Waals surface area contributed by atoms with Crippen LogP contribution in [0.15, 0.2) is 18.2 Å². The summed E-state index contributed by atoms with van der Waals surface area (Å²) < 4.78 is 0. The summed E-state index contributed by atoms with van der Waals surface area (Å²) in [6, 6.07) is 5.90. The van der Waals surface area contributed by atoms with Gasteiger partial charge in [-0.3, -0.25) is 9.59 Å². The summed E-state index contributed by atoms with van der Waals surface area (Å²) >= 11 is 1.42. The van der Waals surface area contributed by atoms with Crippen LogP contribution in [-0.2, 0) is 9.59 Å². The fourth-order valence-corrected chi connectivity index (χ4v) is 4.22. The molecule has 6 nitrogen and oxygen atoms in total. The SMILES string of the molecule is CCC[C@@H](C)c1nnc(NC(=O)[C@@H]2CC(=O)N(c3cccc(C)c3C)C2)s1. The molecule has 1 saturated heterocycles. The lowest BCUT2D eigenvalue weighted by Gasteiger charge is -2.20. The van der Waals surface area contributed by atoms with Gasteiger partial charge in [-0.25, -0.2) is 0 Å². The summed E-state index contributed by atoms with van der Waals surface area (Å²) in [5.41, 5.74) is 3.10. The van der Waals surface area contributed by atoms with Crippen molar-refractivity contribution in [3.05, 3.63) is 34.3 Å². The van der Waals surface area contributed by atoms with Gasteiger partial charge in [0.1, 0.15) is 5.01 Å². The van der Waals surface area contributed by atoms with Gasteiger partial charge in [0.15, 0.2) is 0 Å². The first-order valence-electron chi connectivity index (χ1n) is 9.41. The summed E-state index contributed by atoms with van der Waals surface area (Å²) in [4.78, 5) is 26.9. The smallest absolute Gasteiger partial charge is 0.231 e. The summed E-state index contributed by atoms with van der Waals surface area (Å²) in [5.74, 6) is -0.218. The number of rotatable bonds is 6. The van der Waals surface area contributed by atoms with Crippen molar-refractivity contribution < 1.29 is 9.59 Å². The Morgan fingerprint density at radius 2 is 2.15 bits per heavy atom. The van der Waals surface area contributed by atoms with Crippen LogP contribution < -0.4 is 10.2 Å². The molecule has 0 unspecified atom stereocenters. The quantitative estimate of drug-likeness (QED) is 0.813. The Labute approximate surface area is 164 Å². The number of aromatic nitrogens is 2. The summed E-state index contributed by atoms with van der Waals surface area (Å²) in [6.45, 7) is 8.68. The first-order valence-corrected chi connectivity index (χ1v) is 10.2. The summed E-state index contributed by atoms with van der Waals surface area (Å²) in [6.07, 6.45) is 2.35. The zero-order valence-electron chi connectivity index (χ0n) is 16.3. The van der Waals surface area contributed by atoms with Crippen LogP contribution >= 0.6 is 11.3 Å². The van der Waals surface area contributed by atoms with Gasteiger partial charge in [0.25, 0.3) is 0 Å². The average molecular weight is 387 g/mol. The number of benzene rings is 1. The van der Waals surface area contributed by atoms with Crippen molar-refractivity contribution in [3.63, 3.8) is 0 Å². The third-order valence-corrected chi connectivity index (χ3v) is 6.25. The lowest BCUT2D eigenvalue weighted by Crippen LogP contribution is -2.28. The molecule has 27 heavy (non-hydrogen) atoms. The average Bonchev–Trinajstić information content (AvgIpc) is 3.24. The molecule has 1 N–H and O–H groups in total. The van der Waals surface area contributed by atoms with Gasteiger partial charge in [0, 0.05) is 24.6 Å². The van der Waals surface area contributed by atoms with Crippen LogP contribution in [0.1, 0.15) is 55.2 Å². The third-order valence-electron chi connectivity index (χ3n) is 5.18. The molecule has 0 bridgehead atoms. The standard InChI is InChI=1S/C20H26N4O2S/c1-5-7-13(3)19-22-23-20(27-19)21-18(26)15-10-17(25)24(11-15)16-9-6-8-12(2)14(16)4/h6,8-9,13,15H,5,7,10-11H2,1-4H3,(H,21,23,26)/t13-,15-/m1/s1. The number of carbonyl (C=O) groups excluding carboxylic acids is 2. The molecule has 1 aliphatic heterocycles. The maximum absolute atomic E-state index is 12.6. The van der Waals surface area contributed by atoms with E-state index < -0.39 is 0 Å². The molecule has 0 aliphatic carbocycles. The Morgan fingerprint density at radius 3 is 2.89 bits per heavy atom. The minimum Gasteiger partial charge on any atom is -0.311 e. The van der Waals surface area contributed by atoms with E-state index in [1.807, 2.05) is 32.0 Å². The molecule has 0 radical (unpaired) electrons. The second-order valence-corrected chi connectivity index (χ2v) is 8.26. The van der Waals surface area contributed by atoms with Crippen LogP contribution in [0.2, 0.25) is 0 Å². The van der Waals surface area contributed by atoms with E-state index in [0.29, 0.717) is 17.6 Å². The van der Waals surface area contributed by atoms with E-state index in [9.17, 15) is 9.59 Å². The predicted molar refractivity (Wildman–Crippen MR) is 108 cm³/mol. The van der Waals surface area contributed by atoms with Gasteiger partial charge in [-0.1, -0.05) is 43.7 Å². The summed E-state index contributed by atoms with van der Waals surface area (Å²) in [7, 11) is 0. The molecule has 1 aromatic carbocycles. The molecule has 2 amide bonds. The van der Waals surface area contributed by atoms with Crippen LogP contribution in [0.5, 0.6) is 0 Å². The second-order valence-electron chi connectivity index (χ2n) is 7.25. The molecule has 2 heterocycles. The van der Waals surface area contributed by atoms with E-state index in [4.69, 9.17) is 0 Å². The van der Waals surface area contributed by atoms with Crippen LogP contribution in [-0.4, -0.2) is 28.6 Å². The van der Waals surface area contributed by atoms with Crippen LogP contribution in [0.25, 0.3) is 0 Å². The summed E-state index contributed by atoms with van der Waals surface area (Å²) in [5, 5.41) is 12.6. The van der Waals surface area contributed by atoms with Gasteiger partial charge >= 0.3 is 0 Å². The van der Waals surface area contributed by atoms with Crippen molar-refractivity contribution in [2.24, 2.45) is 5.92 Å². The van der Waals surface area contributed by atoms with Crippen molar-refractivity contribution >= 4 is 34.0 Å². The molecule has 1 aromatic heterocycles. The Hall–Kier alpha value is -2.28. The number of carbonyl (C=O) groups is 2. The number of hydrogen-bond acceptors (Lipinski definition) is 5. The Morgan fingerprint density at radius 1 is 1.37 bits per heavy atom. The van der Waals surface area contributed by atoms with Crippen molar-refractivity contribution in [2.75, 3.05) is 16.8 Å². The van der Waals surface area contributed by atoms with Gasteiger partial charge in [0.05, 0.1) is 5.92 Å². The minimum atomic E-state index is -0.377. The van der Waals surface area contributed by atoms with Crippen LogP contribution in [0.4, 0.5) is 10.8 Å². The fourth-order valence-electron chi connectivity index (χ4n) is 3.39. The van der Waals surface area contributed by atoms with Gasteiger partial charge < -0.3 is 10.2 Å². The molecule has 0 spiro atoms. The van der Waals surface area contributed by atoms with Gasteiger partial charge in [-0.2, -0.15) is 0 Å². The van der Waals surface area contributed by atoms with E-state index in [-0.39, 0.29) is 24.2 Å². The van der Waals surface area contributed by atoms with Gasteiger partial charge in [0.2, 0.25) is 16.9 Å². The molecular weight excluding hydrogens is 360 g/mol. The topological polar surface area (TPSA) is 75.2 Å². The number of nitrogens with zero attached hydrogens (tertiary/aromatic N) is 3.